The van der Waals surface area contributed by atoms with Crippen LogP contribution in [-0.4, -0.2) is 75.2 Å². The number of rotatable bonds is 5. The third-order valence-electron chi connectivity index (χ3n) is 5.33. The summed E-state index contributed by atoms with van der Waals surface area (Å²) in [5, 5.41) is 14.7. The summed E-state index contributed by atoms with van der Waals surface area (Å²) in [6.07, 6.45) is -4.35. The lowest BCUT2D eigenvalue weighted by Crippen LogP contribution is -2.47. The van der Waals surface area contributed by atoms with Crippen molar-refractivity contribution in [2.45, 2.75) is 31.9 Å². The molecule has 234 valence electrons. The van der Waals surface area contributed by atoms with Crippen LogP contribution in [-0.2, 0) is 40.1 Å². The molecule has 0 bridgehead atoms. The number of benzene rings is 2. The predicted molar refractivity (Wildman–Crippen MR) is 151 cm³/mol. The average Bonchev–Trinajstić information content (AvgIpc) is 2.79. The van der Waals surface area contributed by atoms with Crippen molar-refractivity contribution in [3.8, 4) is 0 Å². The van der Waals surface area contributed by atoms with E-state index in [1.807, 2.05) is 0 Å². The molecule has 0 saturated carbocycles. The smallest absolute Gasteiger partial charge is 0.367 e. The standard InChI is InChI=1S/C11H13ClF3N3O4S3.C7H6ClN3O4S2/c1-18-10(4-23-5-11(13,14)15)17-7-2-6(12)8(24(16,19)20)3-9(7)25(18,21)22;8-4-1-5-7(2-6(4)16(9,12)13)17(14,15)11-3-10-5/h2-3,10,17H,4-5H2,1H3,(H2,16,19,20);1-3H,(H,10,11)(H2,9,12,13). The highest BCUT2D eigenvalue weighted by molar-refractivity contribution is 7.99. The van der Waals surface area contributed by atoms with Crippen LogP contribution >= 0.6 is 35.0 Å². The third kappa shape index (κ3) is 7.78. The molecule has 1 atom stereocenters. The van der Waals surface area contributed by atoms with Crippen molar-refractivity contribution < 1.29 is 46.8 Å². The first kappa shape index (κ1) is 34.6. The minimum absolute atomic E-state index is 0.00638. The molecule has 14 nitrogen and oxygen atoms in total. The molecule has 0 spiro atoms. The van der Waals surface area contributed by atoms with E-state index in [1.54, 1.807) is 0 Å². The van der Waals surface area contributed by atoms with Gasteiger partial charge in [0.05, 0.1) is 27.2 Å². The molecular weight excluding hydrogens is 716 g/mol. The number of nitrogens with zero attached hydrogens (tertiary/aromatic N) is 2. The van der Waals surface area contributed by atoms with Crippen LogP contribution in [0.5, 0.6) is 0 Å². The lowest BCUT2D eigenvalue weighted by atomic mass is 10.3. The van der Waals surface area contributed by atoms with Crippen molar-refractivity contribution >= 4 is 92.8 Å². The van der Waals surface area contributed by atoms with E-state index in [-0.39, 0.29) is 37.0 Å². The van der Waals surface area contributed by atoms with E-state index < -0.39 is 68.0 Å². The minimum Gasteiger partial charge on any atom is -0.367 e. The molecule has 0 fully saturated rings. The van der Waals surface area contributed by atoms with Crippen LogP contribution in [0.3, 0.4) is 0 Å². The van der Waals surface area contributed by atoms with Gasteiger partial charge >= 0.3 is 6.18 Å². The molecule has 2 aromatic rings. The molecule has 2 aromatic carbocycles. The molecular formula is C18H19Cl2F3N6O8S5. The van der Waals surface area contributed by atoms with Gasteiger partial charge in [-0.15, -0.1) is 16.2 Å². The Morgan fingerprint density at radius 2 is 1.45 bits per heavy atom. The maximum atomic E-state index is 12.5. The summed E-state index contributed by atoms with van der Waals surface area (Å²) in [5.41, 5.74) is 0.144. The predicted octanol–water partition coefficient (Wildman–Crippen LogP) is 1.78. The number of anilines is 2. The molecule has 2 aliphatic heterocycles. The first-order chi connectivity index (χ1) is 18.9. The zero-order chi connectivity index (χ0) is 32.1. The van der Waals surface area contributed by atoms with E-state index in [2.05, 4.69) is 15.0 Å². The van der Waals surface area contributed by atoms with Crippen LogP contribution < -0.4 is 20.9 Å². The van der Waals surface area contributed by atoms with Gasteiger partial charge in [0.2, 0.25) is 30.1 Å². The molecule has 0 amide bonds. The molecule has 2 aliphatic rings. The summed E-state index contributed by atoms with van der Waals surface area (Å²) in [6, 6.07) is 3.94. The number of hydrogen-bond acceptors (Lipinski definition) is 11. The Bertz CT molecular complexity index is 1890. The molecule has 0 aliphatic carbocycles. The van der Waals surface area contributed by atoms with Gasteiger partial charge in [0.1, 0.15) is 32.1 Å². The second-order valence-electron chi connectivity index (χ2n) is 8.31. The summed E-state index contributed by atoms with van der Waals surface area (Å²) in [5.74, 6) is -1.31. The highest BCUT2D eigenvalue weighted by Gasteiger charge is 2.38. The number of primary sulfonamides is 2. The van der Waals surface area contributed by atoms with Gasteiger partial charge in [0.15, 0.2) is 0 Å². The Hall–Kier alpha value is -1.89. The topological polar surface area (TPSA) is 228 Å². The fourth-order valence-electron chi connectivity index (χ4n) is 3.41. The summed E-state index contributed by atoms with van der Waals surface area (Å²) in [4.78, 5) is -1.68. The van der Waals surface area contributed by atoms with Crippen molar-refractivity contribution in [1.29, 1.82) is 0 Å². The highest BCUT2D eigenvalue weighted by atomic mass is 35.5. The Morgan fingerprint density at radius 3 is 1.95 bits per heavy atom. The monoisotopic (exact) mass is 734 g/mol. The number of nitrogens with one attached hydrogen (secondary N) is 2. The first-order valence-corrected chi connectivity index (χ1v) is 18.5. The number of halogens is 5. The number of nitrogens with two attached hydrogens (primary N) is 2. The van der Waals surface area contributed by atoms with Crippen molar-refractivity contribution in [2.24, 2.45) is 14.7 Å². The lowest BCUT2D eigenvalue weighted by molar-refractivity contribution is -0.105. The number of sulfonamides is 4. The molecule has 24 heteroatoms. The van der Waals surface area contributed by atoms with Gasteiger partial charge in [-0.25, -0.2) is 35.5 Å². The van der Waals surface area contributed by atoms with Gasteiger partial charge in [-0.2, -0.15) is 25.9 Å². The number of thioether (sulfide) groups is 1. The lowest BCUT2D eigenvalue weighted by Gasteiger charge is -2.35. The van der Waals surface area contributed by atoms with Gasteiger partial charge in [0.25, 0.3) is 10.0 Å². The van der Waals surface area contributed by atoms with Gasteiger partial charge in [-0.1, -0.05) is 23.2 Å². The zero-order valence-electron chi connectivity index (χ0n) is 20.6. The molecule has 0 aromatic heterocycles. The summed E-state index contributed by atoms with van der Waals surface area (Å²) in [7, 11) is -15.2. The average molecular weight is 736 g/mol. The molecule has 2 heterocycles. The van der Waals surface area contributed by atoms with Crippen molar-refractivity contribution in [1.82, 2.24) is 4.31 Å². The fraction of sp³-hybridized carbons (Fsp3) is 0.278. The molecule has 0 saturated heterocycles. The largest absolute Gasteiger partial charge is 0.397 e. The normalized spacial score (nSPS) is 19.4. The van der Waals surface area contributed by atoms with Crippen molar-refractivity contribution in [3.05, 3.63) is 34.3 Å². The van der Waals surface area contributed by atoms with Crippen LogP contribution in [0.25, 0.3) is 0 Å². The van der Waals surface area contributed by atoms with E-state index in [0.717, 1.165) is 28.8 Å². The Morgan fingerprint density at radius 1 is 0.952 bits per heavy atom. The van der Waals surface area contributed by atoms with Crippen LogP contribution in [0.1, 0.15) is 0 Å². The SMILES string of the molecule is CN1C(CSCC(F)(F)F)Nc2cc(Cl)c(S(N)(=O)=O)cc2S1(=O)=O.NS(=O)(=O)c1cc2c(cc1Cl)NC=NS2(=O)=O. The molecule has 42 heavy (non-hydrogen) atoms. The number of hydrogen-bond donors (Lipinski definition) is 4. The molecule has 4 rings (SSSR count). The van der Waals surface area contributed by atoms with Crippen molar-refractivity contribution in [3.63, 3.8) is 0 Å². The number of fused-ring (bicyclic) bond motifs is 2. The number of alkyl halides is 3. The van der Waals surface area contributed by atoms with Crippen LogP contribution in [0, 0.1) is 0 Å². The van der Waals surface area contributed by atoms with Gasteiger partial charge in [-0.05, 0) is 24.3 Å². The van der Waals surface area contributed by atoms with E-state index in [9.17, 15) is 46.8 Å². The van der Waals surface area contributed by atoms with E-state index in [0.29, 0.717) is 11.8 Å². The van der Waals surface area contributed by atoms with Crippen LogP contribution in [0.15, 0.2) is 48.2 Å². The van der Waals surface area contributed by atoms with Crippen molar-refractivity contribution in [2.75, 3.05) is 29.2 Å². The summed E-state index contributed by atoms with van der Waals surface area (Å²) < 4.78 is 134. The van der Waals surface area contributed by atoms with E-state index in [4.69, 9.17) is 33.5 Å². The molecule has 0 radical (unpaired) electrons. The Labute approximate surface area is 252 Å². The van der Waals surface area contributed by atoms with Crippen LogP contribution in [0.2, 0.25) is 10.0 Å². The molecule has 6 N–H and O–H groups in total. The van der Waals surface area contributed by atoms with Gasteiger partial charge < -0.3 is 10.6 Å². The van der Waals surface area contributed by atoms with Gasteiger partial charge in [-0.3, -0.25) is 0 Å². The van der Waals surface area contributed by atoms with Crippen LogP contribution in [0.4, 0.5) is 24.5 Å². The Balaban J connectivity index is 0.000000247. The maximum Gasteiger partial charge on any atom is 0.397 e. The fourth-order valence-corrected chi connectivity index (χ4v) is 9.13. The van der Waals surface area contributed by atoms with Gasteiger partial charge in [0, 0.05) is 12.8 Å². The highest BCUT2D eigenvalue weighted by Crippen LogP contribution is 2.37. The first-order valence-electron chi connectivity index (χ1n) is 10.6. The maximum absolute atomic E-state index is 12.5. The third-order valence-corrected chi connectivity index (χ3v) is 12.3. The molecule has 1 unspecified atom stereocenters. The summed E-state index contributed by atoms with van der Waals surface area (Å²) in [6.45, 7) is 0. The summed E-state index contributed by atoms with van der Waals surface area (Å²) >= 11 is 12.0. The van der Waals surface area contributed by atoms with E-state index >= 15 is 0 Å². The second-order valence-corrected chi connectivity index (χ2v) is 16.8. The van der Waals surface area contributed by atoms with E-state index in [1.165, 1.54) is 13.1 Å². The Kier molecular flexibility index (Phi) is 9.80. The quantitative estimate of drug-likeness (QED) is 0.346. The zero-order valence-corrected chi connectivity index (χ0v) is 26.2. The second kappa shape index (κ2) is 11.9. The minimum atomic E-state index is -4.37.